The predicted molar refractivity (Wildman–Crippen MR) is 137 cm³/mol. The molecule has 4 rings (SSSR count). The second-order valence-corrected chi connectivity index (χ2v) is 10.3. The second kappa shape index (κ2) is 9.77. The van der Waals surface area contributed by atoms with Crippen molar-refractivity contribution in [2.24, 2.45) is 5.10 Å². The Morgan fingerprint density at radius 3 is 2.66 bits per heavy atom. The third kappa shape index (κ3) is 4.92. The topological polar surface area (TPSA) is 60.4 Å². The lowest BCUT2D eigenvalue weighted by Gasteiger charge is -2.13. The van der Waals surface area contributed by atoms with Gasteiger partial charge in [0, 0.05) is 21.4 Å². The summed E-state index contributed by atoms with van der Waals surface area (Å²) >= 11 is 8.51. The summed E-state index contributed by atoms with van der Waals surface area (Å²) in [5.41, 5.74) is 1.67. The Labute approximate surface area is 207 Å². The van der Waals surface area contributed by atoms with Gasteiger partial charge in [0.15, 0.2) is 5.09 Å². The molecule has 0 fully saturated rings. The van der Waals surface area contributed by atoms with Crippen LogP contribution >= 0.6 is 43.6 Å². The van der Waals surface area contributed by atoms with Crippen LogP contribution in [0.1, 0.15) is 43.3 Å². The minimum absolute atomic E-state index is 0.0730. The number of furan rings is 1. The van der Waals surface area contributed by atoms with Crippen molar-refractivity contribution in [3.05, 3.63) is 85.0 Å². The number of aromatic nitrogens is 2. The van der Waals surface area contributed by atoms with Crippen molar-refractivity contribution in [2.75, 3.05) is 0 Å². The van der Waals surface area contributed by atoms with Gasteiger partial charge in [-0.1, -0.05) is 59.2 Å². The Bertz CT molecular complexity index is 1360. The van der Waals surface area contributed by atoms with E-state index in [1.807, 2.05) is 25.1 Å². The molecule has 0 unspecified atom stereocenters. The molecule has 32 heavy (non-hydrogen) atoms. The highest BCUT2D eigenvalue weighted by Gasteiger charge is 2.16. The molecule has 0 saturated carbocycles. The van der Waals surface area contributed by atoms with E-state index in [-0.39, 0.29) is 11.5 Å². The van der Waals surface area contributed by atoms with Crippen molar-refractivity contribution in [3.63, 3.8) is 0 Å². The van der Waals surface area contributed by atoms with E-state index in [1.54, 1.807) is 12.3 Å². The summed E-state index contributed by atoms with van der Waals surface area (Å²) in [5.74, 6) is 1.25. The maximum Gasteiger partial charge on any atom is 0.282 e. The molecule has 0 amide bonds. The predicted octanol–water partition coefficient (Wildman–Crippen LogP) is 7.37. The Morgan fingerprint density at radius 2 is 1.94 bits per heavy atom. The van der Waals surface area contributed by atoms with Gasteiger partial charge in [-0.2, -0.15) is 9.78 Å². The van der Waals surface area contributed by atoms with Gasteiger partial charge in [-0.25, -0.2) is 4.98 Å². The molecule has 0 spiro atoms. The lowest BCUT2D eigenvalue weighted by molar-refractivity contribution is 0.465. The van der Waals surface area contributed by atoms with E-state index in [9.17, 15) is 4.79 Å². The number of halogens is 2. The Kier molecular flexibility index (Phi) is 7.02. The Hall–Kier alpha value is -2.16. The molecule has 0 aliphatic carbocycles. The van der Waals surface area contributed by atoms with Crippen LogP contribution < -0.4 is 5.56 Å². The normalized spacial score (nSPS) is 12.7. The molecule has 0 N–H and O–H groups in total. The molecule has 2 aromatic heterocycles. The summed E-state index contributed by atoms with van der Waals surface area (Å²) in [7, 11) is 0. The highest BCUT2D eigenvalue weighted by molar-refractivity contribution is 9.10. The average Bonchev–Trinajstić information content (AvgIpc) is 3.13. The molecule has 0 radical (unpaired) electrons. The van der Waals surface area contributed by atoms with Crippen LogP contribution in [-0.4, -0.2) is 15.9 Å². The summed E-state index contributed by atoms with van der Waals surface area (Å²) in [6.07, 6.45) is 2.40. The van der Waals surface area contributed by atoms with Gasteiger partial charge in [0.25, 0.3) is 5.56 Å². The van der Waals surface area contributed by atoms with Crippen molar-refractivity contribution in [2.45, 2.75) is 43.1 Å². The number of fused-ring (bicyclic) bond motifs is 1. The number of nitrogens with zero attached hydrogens (tertiary/aromatic N) is 3. The lowest BCUT2D eigenvalue weighted by atomic mass is 10.1. The number of hydrogen-bond donors (Lipinski definition) is 0. The fraction of sp³-hybridized carbons (Fsp3) is 0.208. The molecule has 2 aromatic carbocycles. The van der Waals surface area contributed by atoms with Crippen LogP contribution in [0.5, 0.6) is 0 Å². The van der Waals surface area contributed by atoms with Crippen molar-refractivity contribution in [1.82, 2.24) is 9.66 Å². The fourth-order valence-corrected chi connectivity index (χ4v) is 4.80. The molecule has 0 aliphatic rings. The third-order valence-corrected chi connectivity index (χ3v) is 7.43. The quantitative estimate of drug-likeness (QED) is 0.225. The van der Waals surface area contributed by atoms with E-state index in [2.05, 4.69) is 75.1 Å². The van der Waals surface area contributed by atoms with Gasteiger partial charge in [0.2, 0.25) is 0 Å². The van der Waals surface area contributed by atoms with Crippen LogP contribution in [0.4, 0.5) is 0 Å². The van der Waals surface area contributed by atoms with E-state index < -0.39 is 0 Å². The zero-order chi connectivity index (χ0) is 22.8. The first-order valence-corrected chi connectivity index (χ1v) is 12.6. The highest BCUT2D eigenvalue weighted by atomic mass is 79.9. The van der Waals surface area contributed by atoms with E-state index in [0.717, 1.165) is 25.4 Å². The van der Waals surface area contributed by atoms with Crippen LogP contribution in [-0.2, 0) is 0 Å². The van der Waals surface area contributed by atoms with Crippen molar-refractivity contribution < 1.29 is 4.42 Å². The SMILES string of the molecule is CC[C@@H](C)c1nc2ccc(Br)cc2c(=O)n1N=Cc1cc(Br)c(Sc2ccc(C)cc2)o1. The van der Waals surface area contributed by atoms with Gasteiger partial charge >= 0.3 is 0 Å². The van der Waals surface area contributed by atoms with E-state index in [1.165, 1.54) is 22.0 Å². The lowest BCUT2D eigenvalue weighted by Crippen LogP contribution is -2.23. The summed E-state index contributed by atoms with van der Waals surface area (Å²) in [6, 6.07) is 15.6. The van der Waals surface area contributed by atoms with E-state index in [4.69, 9.17) is 9.40 Å². The van der Waals surface area contributed by atoms with Crippen LogP contribution in [0.3, 0.4) is 0 Å². The molecule has 5 nitrogen and oxygen atoms in total. The number of rotatable bonds is 6. The zero-order valence-corrected chi connectivity index (χ0v) is 21.8. The molecular weight excluding hydrogens is 554 g/mol. The molecule has 0 bridgehead atoms. The minimum atomic E-state index is -0.206. The van der Waals surface area contributed by atoms with Gasteiger partial charge < -0.3 is 4.42 Å². The molecule has 8 heteroatoms. The van der Waals surface area contributed by atoms with Gasteiger partial charge in [-0.15, -0.1) is 0 Å². The first kappa shape index (κ1) is 23.0. The molecule has 4 aromatic rings. The maximum atomic E-state index is 13.2. The maximum absolute atomic E-state index is 13.2. The standard InChI is InChI=1S/C24H21Br2N3O2S/c1-4-15(3)22-28-21-10-7-16(25)11-19(21)23(30)29(22)27-13-17-12-20(26)24(31-17)32-18-8-5-14(2)6-9-18/h5-13,15H,4H2,1-3H3/t15-/m1/s1. The van der Waals surface area contributed by atoms with Crippen LogP contribution in [0.2, 0.25) is 0 Å². The van der Waals surface area contributed by atoms with E-state index >= 15 is 0 Å². The van der Waals surface area contributed by atoms with Crippen molar-refractivity contribution >= 4 is 60.7 Å². The number of hydrogen-bond acceptors (Lipinski definition) is 5. The smallest absolute Gasteiger partial charge is 0.282 e. The monoisotopic (exact) mass is 573 g/mol. The fourth-order valence-electron chi connectivity index (χ4n) is 3.11. The second-order valence-electron chi connectivity index (χ2n) is 7.50. The van der Waals surface area contributed by atoms with E-state index in [0.29, 0.717) is 22.5 Å². The highest BCUT2D eigenvalue weighted by Crippen LogP contribution is 2.35. The Morgan fingerprint density at radius 1 is 1.19 bits per heavy atom. The molecule has 0 aliphatic heterocycles. The van der Waals surface area contributed by atoms with Gasteiger partial charge in [-0.05, 0) is 59.6 Å². The van der Waals surface area contributed by atoms with Crippen LogP contribution in [0, 0.1) is 6.92 Å². The third-order valence-electron chi connectivity index (χ3n) is 5.09. The number of aryl methyl sites for hydroxylation is 1. The van der Waals surface area contributed by atoms with Gasteiger partial charge in [-0.3, -0.25) is 4.79 Å². The van der Waals surface area contributed by atoms with Crippen molar-refractivity contribution in [3.8, 4) is 0 Å². The molecule has 2 heterocycles. The summed E-state index contributed by atoms with van der Waals surface area (Å²) < 4.78 is 9.00. The first-order valence-electron chi connectivity index (χ1n) is 10.2. The molecular formula is C24H21Br2N3O2S. The summed E-state index contributed by atoms with van der Waals surface area (Å²) in [5, 5.41) is 5.72. The average molecular weight is 575 g/mol. The van der Waals surface area contributed by atoms with Crippen molar-refractivity contribution in [1.29, 1.82) is 0 Å². The Balaban J connectivity index is 1.71. The molecule has 164 valence electrons. The van der Waals surface area contributed by atoms with Gasteiger partial charge in [0.05, 0.1) is 21.6 Å². The first-order chi connectivity index (χ1) is 15.4. The summed E-state index contributed by atoms with van der Waals surface area (Å²) in [6.45, 7) is 6.16. The largest absolute Gasteiger partial charge is 0.447 e. The van der Waals surface area contributed by atoms with Crippen LogP contribution in [0.25, 0.3) is 10.9 Å². The summed E-state index contributed by atoms with van der Waals surface area (Å²) in [4.78, 5) is 19.0. The van der Waals surface area contributed by atoms with Gasteiger partial charge in [0.1, 0.15) is 11.6 Å². The molecule has 1 atom stereocenters. The number of benzene rings is 2. The minimum Gasteiger partial charge on any atom is -0.447 e. The molecule has 0 saturated heterocycles. The zero-order valence-electron chi connectivity index (χ0n) is 17.8. The van der Waals surface area contributed by atoms with Crippen LogP contribution in [0.15, 0.2) is 81.8 Å².